The molecule has 3 N–H and O–H groups in total. The molecule has 0 aromatic carbocycles. The summed E-state index contributed by atoms with van der Waals surface area (Å²) in [7, 11) is 0. The second-order valence-corrected chi connectivity index (χ2v) is 4.93. The Morgan fingerprint density at radius 2 is 2.29 bits per heavy atom. The zero-order valence-corrected chi connectivity index (χ0v) is 9.04. The monoisotopic (exact) mass is 198 g/mol. The first-order valence-corrected chi connectivity index (χ1v) is 5.87. The van der Waals surface area contributed by atoms with E-state index in [-0.39, 0.29) is 0 Å². The van der Waals surface area contributed by atoms with Crippen molar-refractivity contribution in [1.82, 2.24) is 5.43 Å². The molecule has 0 aromatic heterocycles. The van der Waals surface area contributed by atoms with E-state index in [1.54, 1.807) is 0 Å². The van der Waals surface area contributed by atoms with Crippen molar-refractivity contribution in [1.29, 1.82) is 0 Å². The van der Waals surface area contributed by atoms with Gasteiger partial charge >= 0.3 is 0 Å². The summed E-state index contributed by atoms with van der Waals surface area (Å²) in [6.45, 7) is 3.04. The van der Waals surface area contributed by atoms with Crippen LogP contribution in [0.4, 0.5) is 0 Å². The Labute approximate surface area is 86.4 Å². The van der Waals surface area contributed by atoms with E-state index < -0.39 is 0 Å². The minimum Gasteiger partial charge on any atom is -0.378 e. The largest absolute Gasteiger partial charge is 0.378 e. The number of nitrogens with two attached hydrogens (primary N) is 1. The molecule has 82 valence electrons. The van der Waals surface area contributed by atoms with Gasteiger partial charge in [-0.25, -0.2) is 0 Å². The maximum absolute atomic E-state index is 5.60. The number of nitrogens with one attached hydrogen (secondary N) is 1. The minimum atomic E-state index is 0.428. The van der Waals surface area contributed by atoms with Gasteiger partial charge in [0.1, 0.15) is 0 Å². The minimum absolute atomic E-state index is 0.428. The molecular formula is C11H22N2O. The topological polar surface area (TPSA) is 47.3 Å². The fourth-order valence-corrected chi connectivity index (χ4v) is 2.41. The summed E-state index contributed by atoms with van der Waals surface area (Å²) in [6, 6.07) is 0.473. The molecule has 3 nitrogen and oxygen atoms in total. The van der Waals surface area contributed by atoms with Crippen molar-refractivity contribution in [3.8, 4) is 0 Å². The SMILES string of the molecule is CC1CC(C(CCC2CC2)NN)CO1. The van der Waals surface area contributed by atoms with Gasteiger partial charge in [-0.2, -0.15) is 0 Å². The highest BCUT2D eigenvalue weighted by Gasteiger charge is 2.30. The summed E-state index contributed by atoms with van der Waals surface area (Å²) in [5.41, 5.74) is 2.97. The van der Waals surface area contributed by atoms with Crippen molar-refractivity contribution in [3.05, 3.63) is 0 Å². The highest BCUT2D eigenvalue weighted by Crippen LogP contribution is 2.35. The molecule has 0 spiro atoms. The third-order valence-corrected chi connectivity index (χ3v) is 3.60. The van der Waals surface area contributed by atoms with Gasteiger partial charge in [0.15, 0.2) is 0 Å². The summed E-state index contributed by atoms with van der Waals surface area (Å²) in [5.74, 6) is 7.24. The van der Waals surface area contributed by atoms with Gasteiger partial charge in [0.2, 0.25) is 0 Å². The van der Waals surface area contributed by atoms with Crippen LogP contribution in [-0.4, -0.2) is 18.8 Å². The Hall–Kier alpha value is -0.120. The molecule has 0 radical (unpaired) electrons. The van der Waals surface area contributed by atoms with Gasteiger partial charge in [0.25, 0.3) is 0 Å². The van der Waals surface area contributed by atoms with Crippen molar-refractivity contribution < 1.29 is 4.74 Å². The van der Waals surface area contributed by atoms with Crippen molar-refractivity contribution in [2.45, 2.75) is 51.2 Å². The molecule has 1 saturated heterocycles. The average Bonchev–Trinajstić information content (AvgIpc) is 2.90. The van der Waals surface area contributed by atoms with E-state index in [9.17, 15) is 0 Å². The Kier molecular flexibility index (Phi) is 3.42. The molecule has 1 aliphatic heterocycles. The van der Waals surface area contributed by atoms with E-state index in [0.717, 1.165) is 12.5 Å². The van der Waals surface area contributed by atoms with Crippen LogP contribution in [-0.2, 0) is 4.74 Å². The van der Waals surface area contributed by atoms with E-state index in [4.69, 9.17) is 10.6 Å². The number of ether oxygens (including phenoxy) is 1. The molecule has 2 rings (SSSR count). The predicted octanol–water partition coefficient (Wildman–Crippen LogP) is 1.43. The molecule has 1 aliphatic carbocycles. The first-order chi connectivity index (χ1) is 6.79. The lowest BCUT2D eigenvalue weighted by atomic mass is 9.93. The Morgan fingerprint density at radius 1 is 1.50 bits per heavy atom. The first-order valence-electron chi connectivity index (χ1n) is 5.87. The zero-order valence-electron chi connectivity index (χ0n) is 9.04. The molecule has 0 aromatic rings. The molecule has 0 amide bonds. The summed E-state index contributed by atoms with van der Waals surface area (Å²) >= 11 is 0. The van der Waals surface area contributed by atoms with Crippen LogP contribution >= 0.6 is 0 Å². The molecule has 3 heteroatoms. The van der Waals surface area contributed by atoms with Gasteiger partial charge in [-0.15, -0.1) is 0 Å². The van der Waals surface area contributed by atoms with Gasteiger partial charge in [-0.1, -0.05) is 12.8 Å². The molecule has 2 aliphatic rings. The molecule has 3 atom stereocenters. The summed E-state index contributed by atoms with van der Waals surface area (Å²) in [4.78, 5) is 0. The van der Waals surface area contributed by atoms with Gasteiger partial charge in [-0.05, 0) is 32.1 Å². The van der Waals surface area contributed by atoms with Crippen LogP contribution in [0.25, 0.3) is 0 Å². The predicted molar refractivity (Wildman–Crippen MR) is 56.6 cm³/mol. The van der Waals surface area contributed by atoms with Gasteiger partial charge in [-0.3, -0.25) is 11.3 Å². The van der Waals surface area contributed by atoms with E-state index >= 15 is 0 Å². The van der Waals surface area contributed by atoms with E-state index in [1.165, 1.54) is 32.1 Å². The van der Waals surface area contributed by atoms with Crippen LogP contribution < -0.4 is 11.3 Å². The van der Waals surface area contributed by atoms with Crippen LogP contribution in [0.3, 0.4) is 0 Å². The van der Waals surface area contributed by atoms with Crippen LogP contribution in [0.5, 0.6) is 0 Å². The first kappa shape index (κ1) is 10.4. The third kappa shape index (κ3) is 2.69. The second kappa shape index (κ2) is 4.60. The third-order valence-electron chi connectivity index (χ3n) is 3.60. The Bertz CT molecular complexity index is 182. The molecule has 0 bridgehead atoms. The maximum Gasteiger partial charge on any atom is 0.0551 e. The molecular weight excluding hydrogens is 176 g/mol. The second-order valence-electron chi connectivity index (χ2n) is 4.93. The van der Waals surface area contributed by atoms with Crippen LogP contribution in [0.1, 0.15) is 39.0 Å². The van der Waals surface area contributed by atoms with Crippen LogP contribution in [0.15, 0.2) is 0 Å². The van der Waals surface area contributed by atoms with E-state index in [1.807, 2.05) is 0 Å². The van der Waals surface area contributed by atoms with Gasteiger partial charge in [0, 0.05) is 12.0 Å². The summed E-state index contributed by atoms with van der Waals surface area (Å²) < 4.78 is 5.58. The van der Waals surface area contributed by atoms with Crippen LogP contribution in [0, 0.1) is 11.8 Å². The smallest absolute Gasteiger partial charge is 0.0551 e. The van der Waals surface area contributed by atoms with Crippen molar-refractivity contribution in [2.24, 2.45) is 17.7 Å². The van der Waals surface area contributed by atoms with Crippen molar-refractivity contribution >= 4 is 0 Å². The molecule has 1 saturated carbocycles. The number of hydrazine groups is 1. The fraction of sp³-hybridized carbons (Fsp3) is 1.00. The van der Waals surface area contributed by atoms with Crippen molar-refractivity contribution in [2.75, 3.05) is 6.61 Å². The highest BCUT2D eigenvalue weighted by atomic mass is 16.5. The van der Waals surface area contributed by atoms with Crippen LogP contribution in [0.2, 0.25) is 0 Å². The normalized spacial score (nSPS) is 34.7. The van der Waals surface area contributed by atoms with Crippen molar-refractivity contribution in [3.63, 3.8) is 0 Å². The average molecular weight is 198 g/mol. The Balaban J connectivity index is 1.73. The molecule has 14 heavy (non-hydrogen) atoms. The Morgan fingerprint density at radius 3 is 2.79 bits per heavy atom. The standard InChI is InChI=1S/C11H22N2O/c1-8-6-10(7-14-8)11(13-12)5-4-9-2-3-9/h8-11,13H,2-7,12H2,1H3. The zero-order chi connectivity index (χ0) is 9.97. The number of hydrogen-bond acceptors (Lipinski definition) is 3. The van der Waals surface area contributed by atoms with E-state index in [0.29, 0.717) is 18.1 Å². The molecule has 1 heterocycles. The molecule has 3 unspecified atom stereocenters. The van der Waals surface area contributed by atoms with Gasteiger partial charge in [0.05, 0.1) is 12.7 Å². The maximum atomic E-state index is 5.60. The highest BCUT2D eigenvalue weighted by molar-refractivity contribution is 4.83. The lowest BCUT2D eigenvalue weighted by Crippen LogP contribution is -2.41. The summed E-state index contributed by atoms with van der Waals surface area (Å²) in [6.07, 6.45) is 7.04. The van der Waals surface area contributed by atoms with Gasteiger partial charge < -0.3 is 4.74 Å². The van der Waals surface area contributed by atoms with E-state index in [2.05, 4.69) is 12.3 Å². The fourth-order valence-electron chi connectivity index (χ4n) is 2.41. The molecule has 2 fully saturated rings. The summed E-state index contributed by atoms with van der Waals surface area (Å²) in [5, 5.41) is 0. The number of rotatable bonds is 5. The quantitative estimate of drug-likeness (QED) is 0.519. The lowest BCUT2D eigenvalue weighted by Gasteiger charge is -2.21. The lowest BCUT2D eigenvalue weighted by molar-refractivity contribution is 0.116. The number of hydrogen-bond donors (Lipinski definition) is 2.